The molecule has 0 aliphatic carbocycles. The van der Waals surface area contributed by atoms with E-state index >= 15 is 0 Å². The van der Waals surface area contributed by atoms with Crippen LogP contribution in [0.25, 0.3) is 0 Å². The van der Waals surface area contributed by atoms with Gasteiger partial charge in [0.15, 0.2) is 9.84 Å². The zero-order chi connectivity index (χ0) is 14.2. The van der Waals surface area contributed by atoms with Gasteiger partial charge in [0.1, 0.15) is 0 Å². The molecule has 1 aromatic carbocycles. The van der Waals surface area contributed by atoms with Crippen molar-refractivity contribution >= 4 is 21.2 Å². The summed E-state index contributed by atoms with van der Waals surface area (Å²) in [6.45, 7) is 4.07. The van der Waals surface area contributed by atoms with Crippen LogP contribution in [0.15, 0.2) is 35.2 Å². The summed E-state index contributed by atoms with van der Waals surface area (Å²) < 4.78 is 23.2. The van der Waals surface area contributed by atoms with E-state index in [-0.39, 0.29) is 6.04 Å². The molecule has 1 unspecified atom stereocenters. The monoisotopic (exact) mass is 295 g/mol. The smallest absolute Gasteiger partial charge is 0.175 e. The summed E-state index contributed by atoms with van der Waals surface area (Å²) in [6, 6.07) is 8.68. The number of nitrogens with two attached hydrogens (primary N) is 1. The first kappa shape index (κ1) is 14.2. The van der Waals surface area contributed by atoms with Crippen molar-refractivity contribution in [2.45, 2.75) is 24.8 Å². The minimum Gasteiger partial charge on any atom is -0.320 e. The Hall–Kier alpha value is -1.17. The van der Waals surface area contributed by atoms with E-state index in [1.165, 1.54) is 11.1 Å². The minimum absolute atomic E-state index is 0.277. The number of hydrogen-bond acceptors (Lipinski definition) is 4. The number of benzene rings is 1. The van der Waals surface area contributed by atoms with Crippen LogP contribution < -0.4 is 5.73 Å². The van der Waals surface area contributed by atoms with Crippen molar-refractivity contribution in [3.63, 3.8) is 0 Å². The number of hydrogen-bond donors (Lipinski definition) is 1. The molecule has 0 saturated carbocycles. The average Bonchev–Trinajstić information content (AvgIpc) is 2.66. The number of aryl methyl sites for hydroxylation is 2. The van der Waals surface area contributed by atoms with Crippen molar-refractivity contribution in [2.24, 2.45) is 5.73 Å². The summed E-state index contributed by atoms with van der Waals surface area (Å²) in [5, 5.41) is 0. The van der Waals surface area contributed by atoms with Crippen LogP contribution in [0.1, 0.15) is 26.9 Å². The van der Waals surface area contributed by atoms with Crippen LogP contribution in [-0.2, 0) is 9.84 Å². The van der Waals surface area contributed by atoms with Gasteiger partial charge in [-0.15, -0.1) is 11.3 Å². The molecule has 2 rings (SSSR count). The van der Waals surface area contributed by atoms with E-state index < -0.39 is 9.84 Å². The van der Waals surface area contributed by atoms with Gasteiger partial charge in [-0.3, -0.25) is 0 Å². The van der Waals surface area contributed by atoms with Crippen molar-refractivity contribution < 1.29 is 8.42 Å². The molecular weight excluding hydrogens is 278 g/mol. The van der Waals surface area contributed by atoms with E-state index in [9.17, 15) is 8.42 Å². The second-order valence-electron chi connectivity index (χ2n) is 4.73. The summed E-state index contributed by atoms with van der Waals surface area (Å²) in [5.41, 5.74) is 8.24. The van der Waals surface area contributed by atoms with E-state index in [4.69, 9.17) is 5.73 Å². The molecule has 0 spiro atoms. The first-order chi connectivity index (χ1) is 8.79. The lowest BCUT2D eigenvalue weighted by atomic mass is 10.0. The van der Waals surface area contributed by atoms with Crippen molar-refractivity contribution in [1.82, 2.24) is 0 Å². The zero-order valence-electron chi connectivity index (χ0n) is 11.2. The lowest BCUT2D eigenvalue weighted by molar-refractivity contribution is 0.601. The van der Waals surface area contributed by atoms with Crippen LogP contribution in [0.3, 0.4) is 0 Å². The van der Waals surface area contributed by atoms with Crippen LogP contribution in [-0.4, -0.2) is 14.7 Å². The van der Waals surface area contributed by atoms with Crippen LogP contribution in [0.2, 0.25) is 0 Å². The van der Waals surface area contributed by atoms with Crippen molar-refractivity contribution in [1.29, 1.82) is 0 Å². The fourth-order valence-corrected chi connectivity index (χ4v) is 3.80. The normalized spacial score (nSPS) is 13.5. The summed E-state index contributed by atoms with van der Waals surface area (Å²) in [4.78, 5) is 2.61. The molecule has 0 saturated heterocycles. The molecule has 1 heterocycles. The summed E-state index contributed by atoms with van der Waals surface area (Å²) >= 11 is 1.66. The topological polar surface area (TPSA) is 60.2 Å². The summed E-state index contributed by atoms with van der Waals surface area (Å²) in [6.07, 6.45) is 1.21. The average molecular weight is 295 g/mol. The highest BCUT2D eigenvalue weighted by atomic mass is 32.2. The Morgan fingerprint density at radius 3 is 2.42 bits per heavy atom. The standard InChI is InChI=1S/C14H17NO2S2/c1-9-7-10(2)18-14(9)13(15)11-5-4-6-12(8-11)19(3,16)17/h4-8,13H,15H2,1-3H3. The molecule has 1 aromatic heterocycles. The Morgan fingerprint density at radius 2 is 1.89 bits per heavy atom. The first-order valence-electron chi connectivity index (χ1n) is 5.91. The lowest BCUT2D eigenvalue weighted by Gasteiger charge is -2.12. The van der Waals surface area contributed by atoms with Crippen LogP contribution in [0, 0.1) is 13.8 Å². The Morgan fingerprint density at radius 1 is 1.21 bits per heavy atom. The van der Waals surface area contributed by atoms with Gasteiger partial charge in [0.05, 0.1) is 10.9 Å². The lowest BCUT2D eigenvalue weighted by Crippen LogP contribution is -2.12. The molecule has 3 nitrogen and oxygen atoms in total. The third-order valence-corrected chi connectivity index (χ3v) is 5.35. The maximum atomic E-state index is 11.6. The quantitative estimate of drug-likeness (QED) is 0.947. The molecule has 19 heavy (non-hydrogen) atoms. The maximum absolute atomic E-state index is 11.6. The molecule has 2 aromatic rings. The fourth-order valence-electron chi connectivity index (χ4n) is 2.06. The van der Waals surface area contributed by atoms with Gasteiger partial charge < -0.3 is 5.73 Å². The van der Waals surface area contributed by atoms with Gasteiger partial charge in [0, 0.05) is 16.0 Å². The molecule has 0 fully saturated rings. The summed E-state index contributed by atoms with van der Waals surface area (Å²) in [5.74, 6) is 0. The van der Waals surface area contributed by atoms with Gasteiger partial charge in [-0.2, -0.15) is 0 Å². The SMILES string of the molecule is Cc1cc(C)c(C(N)c2cccc(S(C)(=O)=O)c2)s1. The van der Waals surface area contributed by atoms with E-state index in [0.29, 0.717) is 4.90 Å². The summed E-state index contributed by atoms with van der Waals surface area (Å²) in [7, 11) is -3.20. The molecule has 1 atom stereocenters. The van der Waals surface area contributed by atoms with Crippen molar-refractivity contribution in [3.8, 4) is 0 Å². The number of sulfone groups is 1. The molecule has 0 aliphatic rings. The second kappa shape index (κ2) is 5.07. The number of rotatable bonds is 3. The van der Waals surface area contributed by atoms with E-state index in [2.05, 4.69) is 6.07 Å². The van der Waals surface area contributed by atoms with Crippen LogP contribution >= 0.6 is 11.3 Å². The van der Waals surface area contributed by atoms with Crippen molar-refractivity contribution in [2.75, 3.05) is 6.26 Å². The van der Waals surface area contributed by atoms with E-state index in [0.717, 1.165) is 16.0 Å². The molecular formula is C14H17NO2S2. The zero-order valence-corrected chi connectivity index (χ0v) is 12.8. The van der Waals surface area contributed by atoms with E-state index in [1.807, 2.05) is 19.9 Å². The van der Waals surface area contributed by atoms with Gasteiger partial charge in [-0.05, 0) is 43.2 Å². The highest BCUT2D eigenvalue weighted by Gasteiger charge is 2.16. The third kappa shape index (κ3) is 3.05. The Labute approximate surface area is 118 Å². The predicted octanol–water partition coefficient (Wildman–Crippen LogP) is 2.82. The minimum atomic E-state index is -3.20. The molecule has 0 radical (unpaired) electrons. The Kier molecular flexibility index (Phi) is 3.80. The molecule has 5 heteroatoms. The van der Waals surface area contributed by atoms with Gasteiger partial charge in [0.25, 0.3) is 0 Å². The largest absolute Gasteiger partial charge is 0.320 e. The molecule has 0 bridgehead atoms. The molecule has 0 amide bonds. The molecule has 102 valence electrons. The van der Waals surface area contributed by atoms with E-state index in [1.54, 1.807) is 29.5 Å². The predicted molar refractivity (Wildman–Crippen MR) is 79.4 cm³/mol. The highest BCUT2D eigenvalue weighted by Crippen LogP contribution is 2.30. The fraction of sp³-hybridized carbons (Fsp3) is 0.286. The Bertz CT molecular complexity index is 702. The molecule has 0 aliphatic heterocycles. The van der Waals surface area contributed by atoms with Crippen LogP contribution in [0.5, 0.6) is 0 Å². The highest BCUT2D eigenvalue weighted by molar-refractivity contribution is 7.90. The number of thiophene rings is 1. The van der Waals surface area contributed by atoms with Gasteiger partial charge in [-0.1, -0.05) is 12.1 Å². The second-order valence-corrected chi connectivity index (χ2v) is 8.03. The molecule has 2 N–H and O–H groups in total. The van der Waals surface area contributed by atoms with Gasteiger partial charge in [0.2, 0.25) is 0 Å². The van der Waals surface area contributed by atoms with Crippen molar-refractivity contribution in [3.05, 3.63) is 51.2 Å². The van der Waals surface area contributed by atoms with Gasteiger partial charge >= 0.3 is 0 Å². The Balaban J connectivity index is 2.45. The van der Waals surface area contributed by atoms with Crippen LogP contribution in [0.4, 0.5) is 0 Å². The van der Waals surface area contributed by atoms with Gasteiger partial charge in [-0.25, -0.2) is 8.42 Å². The first-order valence-corrected chi connectivity index (χ1v) is 8.62. The maximum Gasteiger partial charge on any atom is 0.175 e. The third-order valence-electron chi connectivity index (χ3n) is 3.01.